The fourth-order valence-corrected chi connectivity index (χ4v) is 3.80. The van der Waals surface area contributed by atoms with E-state index in [1.807, 2.05) is 73.7 Å². The summed E-state index contributed by atoms with van der Waals surface area (Å²) in [6, 6.07) is 27.9. The number of carbonyl (C=O) groups excluding carboxylic acids is 2. The Kier molecular flexibility index (Phi) is 9.65. The van der Waals surface area contributed by atoms with Crippen LogP contribution in [0.3, 0.4) is 0 Å². The van der Waals surface area contributed by atoms with E-state index >= 15 is 0 Å². The zero-order valence-corrected chi connectivity index (χ0v) is 19.9. The lowest BCUT2D eigenvalue weighted by molar-refractivity contribution is -0.150. The van der Waals surface area contributed by atoms with Crippen molar-refractivity contribution >= 4 is 11.9 Å². The summed E-state index contributed by atoms with van der Waals surface area (Å²) in [6.07, 6.45) is 4.29. The van der Waals surface area contributed by atoms with E-state index in [1.54, 1.807) is 0 Å². The van der Waals surface area contributed by atoms with Gasteiger partial charge in [0.1, 0.15) is 6.61 Å². The highest BCUT2D eigenvalue weighted by atomic mass is 16.5. The van der Waals surface area contributed by atoms with Crippen molar-refractivity contribution in [3.05, 3.63) is 108 Å². The van der Waals surface area contributed by atoms with Gasteiger partial charge in [0.25, 0.3) is 0 Å². The van der Waals surface area contributed by atoms with E-state index in [-0.39, 0.29) is 19.0 Å². The fourth-order valence-electron chi connectivity index (χ4n) is 3.80. The molecule has 0 unspecified atom stereocenters. The Morgan fingerprint density at radius 1 is 0.824 bits per heavy atom. The summed E-state index contributed by atoms with van der Waals surface area (Å²) in [5.74, 6) is -1.20. The van der Waals surface area contributed by atoms with Crippen LogP contribution in [-0.2, 0) is 32.1 Å². The minimum atomic E-state index is -0.492. The van der Waals surface area contributed by atoms with Gasteiger partial charge in [-0.15, -0.1) is 0 Å². The molecule has 0 heterocycles. The van der Waals surface area contributed by atoms with E-state index in [1.165, 1.54) is 7.11 Å². The van der Waals surface area contributed by atoms with Gasteiger partial charge in [0.2, 0.25) is 0 Å². The van der Waals surface area contributed by atoms with Crippen LogP contribution in [-0.4, -0.2) is 19.0 Å². The third kappa shape index (κ3) is 7.45. The van der Waals surface area contributed by atoms with Gasteiger partial charge in [0.15, 0.2) is 0 Å². The van der Waals surface area contributed by atoms with E-state index in [9.17, 15) is 9.59 Å². The molecule has 0 spiro atoms. The minimum Gasteiger partial charge on any atom is -0.466 e. The molecule has 3 rings (SSSR count). The van der Waals surface area contributed by atoms with Crippen molar-refractivity contribution in [2.24, 2.45) is 5.92 Å². The normalized spacial score (nSPS) is 12.1. The van der Waals surface area contributed by atoms with Gasteiger partial charge >= 0.3 is 11.9 Å². The molecule has 0 radical (unpaired) electrons. The first-order valence-electron chi connectivity index (χ1n) is 11.7. The Balaban J connectivity index is 1.78. The van der Waals surface area contributed by atoms with Crippen molar-refractivity contribution in [1.29, 1.82) is 0 Å². The maximum atomic E-state index is 13.1. The van der Waals surface area contributed by atoms with Crippen LogP contribution in [0.1, 0.15) is 37.3 Å². The van der Waals surface area contributed by atoms with Crippen molar-refractivity contribution < 1.29 is 19.1 Å². The van der Waals surface area contributed by atoms with E-state index in [4.69, 9.17) is 9.47 Å². The van der Waals surface area contributed by atoms with Gasteiger partial charge in [-0.2, -0.15) is 0 Å². The molecule has 0 saturated carbocycles. The highest BCUT2D eigenvalue weighted by Crippen LogP contribution is 2.24. The number of ether oxygens (including phenoxy) is 2. The van der Waals surface area contributed by atoms with Crippen molar-refractivity contribution in [2.45, 2.75) is 39.2 Å². The number of hydrogen-bond donors (Lipinski definition) is 0. The number of benzene rings is 3. The molecule has 34 heavy (non-hydrogen) atoms. The number of unbranched alkanes of at least 4 members (excludes halogenated alkanes) is 1. The summed E-state index contributed by atoms with van der Waals surface area (Å²) in [7, 11) is 1.37. The molecule has 0 N–H and O–H groups in total. The summed E-state index contributed by atoms with van der Waals surface area (Å²) < 4.78 is 10.6. The van der Waals surface area contributed by atoms with Crippen LogP contribution in [0.15, 0.2) is 96.6 Å². The molecule has 0 saturated heterocycles. The summed E-state index contributed by atoms with van der Waals surface area (Å²) in [4.78, 5) is 25.5. The Morgan fingerprint density at radius 3 is 2.06 bits per heavy atom. The highest BCUT2D eigenvalue weighted by molar-refractivity contribution is 5.89. The Hall–Kier alpha value is -3.66. The van der Waals surface area contributed by atoms with E-state index < -0.39 is 11.9 Å². The van der Waals surface area contributed by atoms with E-state index in [0.717, 1.165) is 35.1 Å². The van der Waals surface area contributed by atoms with Crippen molar-refractivity contribution in [3.8, 4) is 11.1 Å². The zero-order chi connectivity index (χ0) is 24.2. The molecule has 0 bridgehead atoms. The lowest BCUT2D eigenvalue weighted by Gasteiger charge is -2.18. The zero-order valence-electron chi connectivity index (χ0n) is 19.9. The third-order valence-corrected chi connectivity index (χ3v) is 5.69. The molecule has 0 aliphatic carbocycles. The summed E-state index contributed by atoms with van der Waals surface area (Å²) in [5.41, 5.74) is 4.72. The molecular formula is C30H32O4. The number of esters is 2. The molecule has 4 heteroatoms. The predicted molar refractivity (Wildman–Crippen MR) is 135 cm³/mol. The van der Waals surface area contributed by atoms with Crippen molar-refractivity contribution in [1.82, 2.24) is 0 Å². The minimum absolute atomic E-state index is 0.204. The first-order chi connectivity index (χ1) is 16.6. The SMILES string of the molecule is CCC/C=C(\C[C@H](Cc1ccc(-c2ccccc2)cc1)C(=O)OCc1ccccc1)C(=O)OC. The summed E-state index contributed by atoms with van der Waals surface area (Å²) >= 11 is 0. The first-order valence-corrected chi connectivity index (χ1v) is 11.7. The molecule has 0 fully saturated rings. The Morgan fingerprint density at radius 2 is 1.44 bits per heavy atom. The van der Waals surface area contributed by atoms with Crippen LogP contribution >= 0.6 is 0 Å². The largest absolute Gasteiger partial charge is 0.466 e. The van der Waals surface area contributed by atoms with Crippen LogP contribution in [0.25, 0.3) is 11.1 Å². The molecule has 0 aromatic heterocycles. The Bertz CT molecular complexity index is 1070. The molecule has 0 aliphatic rings. The van der Waals surface area contributed by atoms with Gasteiger partial charge in [-0.25, -0.2) is 4.79 Å². The van der Waals surface area contributed by atoms with Gasteiger partial charge in [-0.3, -0.25) is 4.79 Å². The molecule has 3 aromatic carbocycles. The third-order valence-electron chi connectivity index (χ3n) is 5.69. The molecule has 0 amide bonds. The molecule has 1 atom stereocenters. The molecule has 4 nitrogen and oxygen atoms in total. The van der Waals surface area contributed by atoms with Crippen LogP contribution in [0.5, 0.6) is 0 Å². The number of allylic oxidation sites excluding steroid dienone is 1. The van der Waals surface area contributed by atoms with Gasteiger partial charge in [-0.05, 0) is 41.5 Å². The molecular weight excluding hydrogens is 424 g/mol. The maximum absolute atomic E-state index is 13.1. The number of carbonyl (C=O) groups is 2. The van der Waals surface area contributed by atoms with Gasteiger partial charge in [-0.1, -0.05) is 104 Å². The average Bonchev–Trinajstić information content (AvgIpc) is 2.90. The number of hydrogen-bond acceptors (Lipinski definition) is 4. The van der Waals surface area contributed by atoms with Crippen LogP contribution in [0.4, 0.5) is 0 Å². The predicted octanol–water partition coefficient (Wildman–Crippen LogP) is 6.55. The average molecular weight is 457 g/mol. The molecule has 0 aliphatic heterocycles. The molecule has 3 aromatic rings. The summed E-state index contributed by atoms with van der Waals surface area (Å²) in [5, 5.41) is 0. The summed E-state index contributed by atoms with van der Waals surface area (Å²) in [6.45, 7) is 2.25. The number of rotatable bonds is 11. The van der Waals surface area contributed by atoms with Gasteiger partial charge in [0, 0.05) is 5.57 Å². The van der Waals surface area contributed by atoms with Crippen molar-refractivity contribution in [3.63, 3.8) is 0 Å². The lowest BCUT2D eigenvalue weighted by atomic mass is 9.91. The van der Waals surface area contributed by atoms with Gasteiger partial charge < -0.3 is 9.47 Å². The van der Waals surface area contributed by atoms with Crippen LogP contribution < -0.4 is 0 Å². The molecule has 176 valence electrons. The highest BCUT2D eigenvalue weighted by Gasteiger charge is 2.25. The van der Waals surface area contributed by atoms with Gasteiger partial charge in [0.05, 0.1) is 13.0 Å². The van der Waals surface area contributed by atoms with E-state index in [2.05, 4.69) is 24.3 Å². The second-order valence-corrected chi connectivity index (χ2v) is 8.27. The topological polar surface area (TPSA) is 52.6 Å². The monoisotopic (exact) mass is 456 g/mol. The Labute approximate surface area is 202 Å². The van der Waals surface area contributed by atoms with Crippen molar-refractivity contribution in [2.75, 3.05) is 7.11 Å². The van der Waals surface area contributed by atoms with Crippen LogP contribution in [0, 0.1) is 5.92 Å². The lowest BCUT2D eigenvalue weighted by Crippen LogP contribution is -2.23. The second-order valence-electron chi connectivity index (χ2n) is 8.27. The fraction of sp³-hybridized carbons (Fsp3) is 0.267. The smallest absolute Gasteiger partial charge is 0.333 e. The second kappa shape index (κ2) is 13.1. The van der Waals surface area contributed by atoms with Crippen LogP contribution in [0.2, 0.25) is 0 Å². The quantitative estimate of drug-likeness (QED) is 0.243. The first kappa shape index (κ1) is 25.0. The van der Waals surface area contributed by atoms with E-state index in [0.29, 0.717) is 12.0 Å². The number of methoxy groups -OCH3 is 1. The maximum Gasteiger partial charge on any atom is 0.333 e. The standard InChI is InChI=1S/C30H32O4/c1-3-4-13-27(29(31)33-2)21-28(30(32)34-22-24-11-7-5-8-12-24)20-23-16-18-26(19-17-23)25-14-9-6-10-15-25/h5-19,28H,3-4,20-22H2,1-2H3/b27-13+/t28-/m0/s1.